The number of carbonyl (C=O) groups excluding carboxylic acids is 2. The van der Waals surface area contributed by atoms with Gasteiger partial charge in [-0.25, -0.2) is 9.59 Å². The quantitative estimate of drug-likeness (QED) is 0.184. The van der Waals surface area contributed by atoms with Gasteiger partial charge >= 0.3 is 11.9 Å². The predicted molar refractivity (Wildman–Crippen MR) is 130 cm³/mol. The average Bonchev–Trinajstić information content (AvgIpc) is 2.75. The predicted octanol–water partition coefficient (Wildman–Crippen LogP) is 5.49. The molecule has 2 aromatic rings. The van der Waals surface area contributed by atoms with Gasteiger partial charge in [-0.15, -0.1) is 0 Å². The molecule has 30 heavy (non-hydrogen) atoms. The van der Waals surface area contributed by atoms with Gasteiger partial charge in [-0.1, -0.05) is 0 Å². The van der Waals surface area contributed by atoms with Crippen molar-refractivity contribution in [2.75, 3.05) is 27.4 Å². The van der Waals surface area contributed by atoms with E-state index in [1.54, 1.807) is 24.3 Å². The zero-order valence-electron chi connectivity index (χ0n) is 16.9. The lowest BCUT2D eigenvalue weighted by Crippen LogP contribution is -2.08. The molecule has 0 radical (unpaired) electrons. The Kier molecular flexibility index (Phi) is 10.7. The minimum absolute atomic E-state index is 0.400. The van der Waals surface area contributed by atoms with Crippen LogP contribution in [0.25, 0.3) is 0 Å². The average molecular weight is 638 g/mol. The largest absolute Gasteiger partial charge is 0.493 e. The molecule has 0 atom stereocenters. The zero-order valence-corrected chi connectivity index (χ0v) is 21.2. The fourth-order valence-corrected chi connectivity index (χ4v) is 3.70. The number of methoxy groups -OCH3 is 2. The van der Waals surface area contributed by atoms with E-state index in [4.69, 9.17) is 18.9 Å². The van der Waals surface area contributed by atoms with E-state index in [2.05, 4.69) is 45.2 Å². The van der Waals surface area contributed by atoms with Gasteiger partial charge in [-0.05, 0) is 107 Å². The number of unbranched alkanes of at least 4 members (excludes halogenated alkanes) is 3. The second kappa shape index (κ2) is 13.0. The first-order chi connectivity index (χ1) is 14.5. The van der Waals surface area contributed by atoms with E-state index in [-0.39, 0.29) is 0 Å². The lowest BCUT2D eigenvalue weighted by Gasteiger charge is -2.12. The number of benzene rings is 2. The highest BCUT2D eigenvalue weighted by molar-refractivity contribution is 14.1. The Morgan fingerprint density at radius 3 is 1.47 bits per heavy atom. The third-order valence-corrected chi connectivity index (χ3v) is 5.59. The lowest BCUT2D eigenvalue weighted by molar-refractivity contribution is 0.0586. The number of ether oxygens (including phenoxy) is 4. The van der Waals surface area contributed by atoms with Crippen molar-refractivity contribution in [2.45, 2.75) is 25.7 Å². The highest BCUT2D eigenvalue weighted by Crippen LogP contribution is 2.24. The maximum atomic E-state index is 11.9. The van der Waals surface area contributed by atoms with Gasteiger partial charge in [0.2, 0.25) is 0 Å². The topological polar surface area (TPSA) is 71.1 Å². The number of hydrogen-bond acceptors (Lipinski definition) is 6. The van der Waals surface area contributed by atoms with Gasteiger partial charge in [0, 0.05) is 7.14 Å². The van der Waals surface area contributed by atoms with Gasteiger partial charge in [-0.3, -0.25) is 0 Å². The van der Waals surface area contributed by atoms with Crippen molar-refractivity contribution < 1.29 is 28.5 Å². The number of rotatable bonds is 11. The Hall–Kier alpha value is -1.56. The summed E-state index contributed by atoms with van der Waals surface area (Å²) < 4.78 is 23.1. The molecule has 2 rings (SSSR count). The SMILES string of the molecule is COC(=O)c1cc(I)ccc1OCCCCCCOc1ccc(I)cc1C(=O)OC. The molecular formula is C22H24I2O6. The van der Waals surface area contributed by atoms with E-state index in [0.29, 0.717) is 35.8 Å². The van der Waals surface area contributed by atoms with Crippen LogP contribution in [0, 0.1) is 7.14 Å². The molecule has 0 aliphatic rings. The van der Waals surface area contributed by atoms with Gasteiger partial charge in [0.25, 0.3) is 0 Å². The Morgan fingerprint density at radius 2 is 1.10 bits per heavy atom. The summed E-state index contributed by atoms with van der Waals surface area (Å²) in [6.45, 7) is 1.05. The van der Waals surface area contributed by atoms with E-state index in [1.807, 2.05) is 12.1 Å². The number of halogens is 2. The van der Waals surface area contributed by atoms with Gasteiger partial charge in [0.1, 0.15) is 22.6 Å². The van der Waals surface area contributed by atoms with Crippen LogP contribution in [0.1, 0.15) is 46.4 Å². The molecule has 0 fully saturated rings. The maximum Gasteiger partial charge on any atom is 0.341 e. The molecule has 0 unspecified atom stereocenters. The van der Waals surface area contributed by atoms with Crippen molar-refractivity contribution in [1.82, 2.24) is 0 Å². The Morgan fingerprint density at radius 1 is 0.700 bits per heavy atom. The molecule has 6 nitrogen and oxygen atoms in total. The van der Waals surface area contributed by atoms with Crippen molar-refractivity contribution in [2.24, 2.45) is 0 Å². The summed E-state index contributed by atoms with van der Waals surface area (Å²) in [4.78, 5) is 23.7. The van der Waals surface area contributed by atoms with Crippen molar-refractivity contribution in [1.29, 1.82) is 0 Å². The van der Waals surface area contributed by atoms with Crippen LogP contribution in [-0.2, 0) is 9.47 Å². The summed E-state index contributed by atoms with van der Waals surface area (Å²) in [5.74, 6) is 0.282. The van der Waals surface area contributed by atoms with Crippen LogP contribution < -0.4 is 9.47 Å². The molecule has 0 saturated carbocycles. The van der Waals surface area contributed by atoms with Crippen molar-refractivity contribution in [3.8, 4) is 11.5 Å². The molecule has 0 aliphatic carbocycles. The highest BCUT2D eigenvalue weighted by Gasteiger charge is 2.14. The summed E-state index contributed by atoms with van der Waals surface area (Å²) in [5.41, 5.74) is 0.883. The molecule has 8 heteroatoms. The van der Waals surface area contributed by atoms with Crippen LogP contribution in [0.5, 0.6) is 11.5 Å². The third-order valence-electron chi connectivity index (χ3n) is 4.25. The molecule has 0 bridgehead atoms. The van der Waals surface area contributed by atoms with Gasteiger partial charge in [-0.2, -0.15) is 0 Å². The van der Waals surface area contributed by atoms with E-state index in [9.17, 15) is 9.59 Å². The molecule has 0 spiro atoms. The van der Waals surface area contributed by atoms with Gasteiger partial charge in [0.15, 0.2) is 0 Å². The second-order valence-corrected chi connectivity index (χ2v) is 8.87. The van der Waals surface area contributed by atoms with Crippen LogP contribution in [0.4, 0.5) is 0 Å². The Balaban J connectivity index is 1.70. The zero-order chi connectivity index (χ0) is 21.9. The molecule has 2 aromatic carbocycles. The third kappa shape index (κ3) is 7.60. The first-order valence-corrected chi connectivity index (χ1v) is 11.6. The first-order valence-electron chi connectivity index (χ1n) is 9.47. The maximum absolute atomic E-state index is 11.9. The summed E-state index contributed by atoms with van der Waals surface area (Å²) in [6, 6.07) is 10.9. The molecule has 0 amide bonds. The molecule has 0 aromatic heterocycles. The summed E-state index contributed by atoms with van der Waals surface area (Å²) in [6.07, 6.45) is 3.67. The minimum atomic E-state index is -0.400. The standard InChI is InChI=1S/C22H24I2O6/c1-27-21(25)17-13-15(23)7-9-19(17)29-11-5-3-4-6-12-30-20-10-8-16(24)14-18(20)22(26)28-2/h7-10,13-14H,3-6,11-12H2,1-2H3. The second-order valence-electron chi connectivity index (χ2n) is 6.38. The van der Waals surface area contributed by atoms with E-state index in [1.165, 1.54) is 14.2 Å². The number of carbonyl (C=O) groups is 2. The van der Waals surface area contributed by atoms with Gasteiger partial charge in [0.05, 0.1) is 27.4 Å². The fourth-order valence-electron chi connectivity index (χ4n) is 2.72. The van der Waals surface area contributed by atoms with Gasteiger partial charge < -0.3 is 18.9 Å². The van der Waals surface area contributed by atoms with Crippen molar-refractivity contribution >= 4 is 57.1 Å². The van der Waals surface area contributed by atoms with Crippen LogP contribution in [0.2, 0.25) is 0 Å². The monoisotopic (exact) mass is 638 g/mol. The molecule has 0 saturated heterocycles. The highest BCUT2D eigenvalue weighted by atomic mass is 127. The van der Waals surface area contributed by atoms with Crippen LogP contribution in [0.15, 0.2) is 36.4 Å². The first kappa shape index (κ1) is 24.7. The Bertz CT molecular complexity index is 797. The molecule has 0 aliphatic heterocycles. The fraction of sp³-hybridized carbons (Fsp3) is 0.364. The summed E-state index contributed by atoms with van der Waals surface area (Å²) in [5, 5.41) is 0. The van der Waals surface area contributed by atoms with E-state index in [0.717, 1.165) is 32.8 Å². The molecular weight excluding hydrogens is 614 g/mol. The van der Waals surface area contributed by atoms with Crippen molar-refractivity contribution in [3.63, 3.8) is 0 Å². The normalized spacial score (nSPS) is 10.4. The van der Waals surface area contributed by atoms with Crippen LogP contribution >= 0.6 is 45.2 Å². The minimum Gasteiger partial charge on any atom is -0.493 e. The summed E-state index contributed by atoms with van der Waals surface area (Å²) in [7, 11) is 2.72. The lowest BCUT2D eigenvalue weighted by atomic mass is 10.2. The molecule has 162 valence electrons. The molecule has 0 heterocycles. The number of esters is 2. The number of hydrogen-bond donors (Lipinski definition) is 0. The van der Waals surface area contributed by atoms with E-state index < -0.39 is 11.9 Å². The van der Waals surface area contributed by atoms with E-state index >= 15 is 0 Å². The van der Waals surface area contributed by atoms with Crippen molar-refractivity contribution in [3.05, 3.63) is 54.7 Å². The van der Waals surface area contributed by atoms with Crippen LogP contribution in [0.3, 0.4) is 0 Å². The van der Waals surface area contributed by atoms with Crippen LogP contribution in [-0.4, -0.2) is 39.4 Å². The molecule has 0 N–H and O–H groups in total. The smallest absolute Gasteiger partial charge is 0.341 e. The summed E-state index contributed by atoms with van der Waals surface area (Å²) >= 11 is 4.30. The Labute approximate surface area is 203 Å².